The highest BCUT2D eigenvalue weighted by molar-refractivity contribution is 5.33. The predicted octanol–water partition coefficient (Wildman–Crippen LogP) is 1.95. The molecular formula is C13H21NO2. The zero-order valence-electron chi connectivity index (χ0n) is 10.1. The van der Waals surface area contributed by atoms with E-state index in [0.717, 1.165) is 24.3 Å². The van der Waals surface area contributed by atoms with Crippen molar-refractivity contribution in [2.75, 3.05) is 13.2 Å². The Morgan fingerprint density at radius 1 is 1.31 bits per heavy atom. The van der Waals surface area contributed by atoms with Gasteiger partial charge in [-0.05, 0) is 19.4 Å². The van der Waals surface area contributed by atoms with E-state index < -0.39 is 0 Å². The summed E-state index contributed by atoms with van der Waals surface area (Å²) >= 11 is 0. The fourth-order valence-electron chi connectivity index (χ4n) is 1.54. The molecule has 1 aromatic rings. The summed E-state index contributed by atoms with van der Waals surface area (Å²) in [4.78, 5) is 0. The molecule has 1 atom stereocenters. The fourth-order valence-corrected chi connectivity index (χ4v) is 1.54. The molecule has 16 heavy (non-hydrogen) atoms. The lowest BCUT2D eigenvalue weighted by atomic mass is 10.1. The highest BCUT2D eigenvalue weighted by Gasteiger charge is 2.06. The first-order valence-electron chi connectivity index (χ1n) is 5.86. The van der Waals surface area contributed by atoms with Crippen LogP contribution in [0.3, 0.4) is 0 Å². The zero-order chi connectivity index (χ0) is 11.8. The lowest BCUT2D eigenvalue weighted by Gasteiger charge is -2.15. The Hall–Kier alpha value is -1.06. The van der Waals surface area contributed by atoms with Crippen molar-refractivity contribution in [1.29, 1.82) is 0 Å². The first-order chi connectivity index (χ1) is 7.81. The van der Waals surface area contributed by atoms with Crippen LogP contribution in [0.4, 0.5) is 0 Å². The van der Waals surface area contributed by atoms with Gasteiger partial charge in [0.2, 0.25) is 0 Å². The second kappa shape index (κ2) is 7.25. The fraction of sp³-hybridized carbons (Fsp3) is 0.538. The van der Waals surface area contributed by atoms with E-state index >= 15 is 0 Å². The molecule has 0 aliphatic rings. The number of aliphatic hydroxyl groups excluding tert-OH is 1. The topological polar surface area (TPSA) is 41.5 Å². The Balaban J connectivity index is 2.58. The predicted molar refractivity (Wildman–Crippen MR) is 65.6 cm³/mol. The monoisotopic (exact) mass is 223 g/mol. The van der Waals surface area contributed by atoms with Gasteiger partial charge in [-0.15, -0.1) is 0 Å². The molecule has 0 radical (unpaired) electrons. The molecule has 0 saturated heterocycles. The second-order valence-corrected chi connectivity index (χ2v) is 3.71. The Morgan fingerprint density at radius 3 is 2.69 bits per heavy atom. The third-order valence-corrected chi connectivity index (χ3v) is 2.57. The van der Waals surface area contributed by atoms with Crippen LogP contribution in [0.25, 0.3) is 0 Å². The Labute approximate surface area is 97.4 Å². The van der Waals surface area contributed by atoms with Gasteiger partial charge >= 0.3 is 0 Å². The Bertz CT molecular complexity index is 298. The highest BCUT2D eigenvalue weighted by atomic mass is 16.5. The van der Waals surface area contributed by atoms with Gasteiger partial charge in [0.1, 0.15) is 5.75 Å². The SMILES string of the molecule is CCOc1ccccc1CN[C@@H](CC)CO. The molecule has 2 N–H and O–H groups in total. The van der Waals surface area contributed by atoms with Crippen LogP contribution in [0.15, 0.2) is 24.3 Å². The quantitative estimate of drug-likeness (QED) is 0.742. The van der Waals surface area contributed by atoms with E-state index in [1.807, 2.05) is 31.2 Å². The molecule has 0 unspecified atom stereocenters. The third-order valence-electron chi connectivity index (χ3n) is 2.57. The molecule has 0 bridgehead atoms. The van der Waals surface area contributed by atoms with Crippen LogP contribution in [-0.2, 0) is 6.54 Å². The average Bonchev–Trinajstić information content (AvgIpc) is 2.33. The van der Waals surface area contributed by atoms with Gasteiger partial charge in [0.05, 0.1) is 13.2 Å². The summed E-state index contributed by atoms with van der Waals surface area (Å²) in [6, 6.07) is 8.15. The van der Waals surface area contributed by atoms with Gasteiger partial charge in [0, 0.05) is 18.2 Å². The van der Waals surface area contributed by atoms with Gasteiger partial charge < -0.3 is 15.2 Å². The Morgan fingerprint density at radius 2 is 2.06 bits per heavy atom. The number of ether oxygens (including phenoxy) is 1. The molecule has 0 aromatic heterocycles. The van der Waals surface area contributed by atoms with E-state index in [9.17, 15) is 0 Å². The molecular weight excluding hydrogens is 202 g/mol. The summed E-state index contributed by atoms with van der Waals surface area (Å²) in [5.74, 6) is 0.922. The van der Waals surface area contributed by atoms with Gasteiger partial charge in [-0.2, -0.15) is 0 Å². The summed E-state index contributed by atoms with van der Waals surface area (Å²) in [5, 5.41) is 12.4. The van der Waals surface area contributed by atoms with Crippen LogP contribution >= 0.6 is 0 Å². The zero-order valence-corrected chi connectivity index (χ0v) is 10.1. The molecule has 3 nitrogen and oxygen atoms in total. The van der Waals surface area contributed by atoms with E-state index in [4.69, 9.17) is 9.84 Å². The molecule has 3 heteroatoms. The van der Waals surface area contributed by atoms with Crippen LogP contribution in [0, 0.1) is 0 Å². The van der Waals surface area contributed by atoms with E-state index in [1.165, 1.54) is 0 Å². The number of hydrogen-bond acceptors (Lipinski definition) is 3. The van der Waals surface area contributed by atoms with E-state index in [-0.39, 0.29) is 12.6 Å². The van der Waals surface area contributed by atoms with Crippen molar-refractivity contribution in [3.05, 3.63) is 29.8 Å². The van der Waals surface area contributed by atoms with Gasteiger partial charge in [-0.25, -0.2) is 0 Å². The van der Waals surface area contributed by atoms with E-state index in [2.05, 4.69) is 12.2 Å². The van der Waals surface area contributed by atoms with Gasteiger partial charge in [0.15, 0.2) is 0 Å². The first kappa shape index (κ1) is 13.0. The van der Waals surface area contributed by atoms with Crippen LogP contribution < -0.4 is 10.1 Å². The second-order valence-electron chi connectivity index (χ2n) is 3.71. The van der Waals surface area contributed by atoms with Crippen LogP contribution in [0.2, 0.25) is 0 Å². The summed E-state index contributed by atoms with van der Waals surface area (Å²) in [6.45, 7) is 5.62. The van der Waals surface area contributed by atoms with E-state index in [0.29, 0.717) is 6.61 Å². The van der Waals surface area contributed by atoms with Crippen molar-refractivity contribution in [2.45, 2.75) is 32.9 Å². The Kier molecular flexibility index (Phi) is 5.90. The molecule has 1 rings (SSSR count). The van der Waals surface area contributed by atoms with Crippen molar-refractivity contribution in [3.8, 4) is 5.75 Å². The smallest absolute Gasteiger partial charge is 0.123 e. The van der Waals surface area contributed by atoms with Crippen LogP contribution in [-0.4, -0.2) is 24.4 Å². The molecule has 90 valence electrons. The minimum atomic E-state index is 0.162. The van der Waals surface area contributed by atoms with Crippen molar-refractivity contribution in [1.82, 2.24) is 5.32 Å². The summed E-state index contributed by atoms with van der Waals surface area (Å²) in [6.07, 6.45) is 0.924. The lowest BCUT2D eigenvalue weighted by Crippen LogP contribution is -2.31. The number of benzene rings is 1. The number of rotatable bonds is 7. The maximum atomic E-state index is 9.08. The van der Waals surface area contributed by atoms with Crippen LogP contribution in [0.5, 0.6) is 5.75 Å². The maximum Gasteiger partial charge on any atom is 0.123 e. The van der Waals surface area contributed by atoms with Crippen molar-refractivity contribution in [3.63, 3.8) is 0 Å². The minimum absolute atomic E-state index is 0.162. The summed E-state index contributed by atoms with van der Waals surface area (Å²) in [5.41, 5.74) is 1.14. The van der Waals surface area contributed by atoms with Crippen molar-refractivity contribution >= 4 is 0 Å². The minimum Gasteiger partial charge on any atom is -0.494 e. The third kappa shape index (κ3) is 3.83. The largest absolute Gasteiger partial charge is 0.494 e. The normalized spacial score (nSPS) is 12.4. The highest BCUT2D eigenvalue weighted by Crippen LogP contribution is 2.17. The van der Waals surface area contributed by atoms with Crippen LogP contribution in [0.1, 0.15) is 25.8 Å². The standard InChI is InChI=1S/C13H21NO2/c1-3-12(10-15)14-9-11-7-5-6-8-13(11)16-4-2/h5-8,12,14-15H,3-4,9-10H2,1-2H3/t12-/m0/s1. The molecule has 0 heterocycles. The molecule has 0 fully saturated rings. The average molecular weight is 223 g/mol. The molecule has 0 aliphatic carbocycles. The summed E-state index contributed by atoms with van der Waals surface area (Å²) in [7, 11) is 0. The van der Waals surface area contributed by atoms with Gasteiger partial charge in [-0.3, -0.25) is 0 Å². The van der Waals surface area contributed by atoms with Crippen molar-refractivity contribution in [2.24, 2.45) is 0 Å². The van der Waals surface area contributed by atoms with Crippen molar-refractivity contribution < 1.29 is 9.84 Å². The maximum absolute atomic E-state index is 9.08. The molecule has 1 aromatic carbocycles. The lowest BCUT2D eigenvalue weighted by molar-refractivity contribution is 0.237. The molecule has 0 aliphatic heterocycles. The number of hydrogen-bond donors (Lipinski definition) is 2. The molecule has 0 amide bonds. The van der Waals surface area contributed by atoms with Gasteiger partial charge in [0.25, 0.3) is 0 Å². The number of nitrogens with one attached hydrogen (secondary N) is 1. The molecule has 0 saturated carbocycles. The summed E-state index contributed by atoms with van der Waals surface area (Å²) < 4.78 is 5.53. The van der Waals surface area contributed by atoms with E-state index in [1.54, 1.807) is 0 Å². The van der Waals surface area contributed by atoms with Gasteiger partial charge in [-0.1, -0.05) is 25.1 Å². The molecule has 0 spiro atoms. The number of para-hydroxylation sites is 1. The first-order valence-corrected chi connectivity index (χ1v) is 5.86. The number of aliphatic hydroxyl groups is 1.